The van der Waals surface area contributed by atoms with E-state index in [9.17, 15) is 4.79 Å². The van der Waals surface area contributed by atoms with E-state index in [1.807, 2.05) is 18.2 Å². The molecular formula is C14H16ClN5OS. The molecule has 0 saturated carbocycles. The van der Waals surface area contributed by atoms with Gasteiger partial charge in [0.05, 0.1) is 5.02 Å². The number of nitrogens with two attached hydrogens (primary N) is 1. The highest BCUT2D eigenvalue weighted by Gasteiger charge is 2.24. The van der Waals surface area contributed by atoms with Gasteiger partial charge in [0.15, 0.2) is 5.82 Å². The third-order valence-corrected chi connectivity index (χ3v) is 4.95. The third kappa shape index (κ3) is 3.05. The first-order chi connectivity index (χ1) is 10.7. The summed E-state index contributed by atoms with van der Waals surface area (Å²) in [4.78, 5) is 11.5. The van der Waals surface area contributed by atoms with Gasteiger partial charge in [-0.25, -0.2) is 4.68 Å². The highest BCUT2D eigenvalue weighted by molar-refractivity contribution is 7.99. The molecule has 116 valence electrons. The minimum atomic E-state index is 0.102. The van der Waals surface area contributed by atoms with Gasteiger partial charge in [0, 0.05) is 23.8 Å². The minimum absolute atomic E-state index is 0.102. The van der Waals surface area contributed by atoms with Gasteiger partial charge in [-0.3, -0.25) is 4.79 Å². The molecule has 0 bridgehead atoms. The quantitative estimate of drug-likeness (QED) is 0.643. The van der Waals surface area contributed by atoms with Gasteiger partial charge in [0.1, 0.15) is 0 Å². The number of nitrogens with zero attached hydrogens (tertiary/aromatic N) is 3. The molecule has 1 amide bonds. The van der Waals surface area contributed by atoms with E-state index in [0.717, 1.165) is 30.7 Å². The van der Waals surface area contributed by atoms with Gasteiger partial charge in [0.25, 0.3) is 0 Å². The Kier molecular flexibility index (Phi) is 4.54. The second-order valence-electron chi connectivity index (χ2n) is 5.07. The Morgan fingerprint density at radius 1 is 1.41 bits per heavy atom. The Bertz CT molecular complexity index is 690. The Hall–Kier alpha value is -1.73. The fourth-order valence-electron chi connectivity index (χ4n) is 2.41. The van der Waals surface area contributed by atoms with Crippen LogP contribution >= 0.6 is 23.4 Å². The predicted molar refractivity (Wildman–Crippen MR) is 87.1 cm³/mol. The molecule has 3 N–H and O–H groups in total. The van der Waals surface area contributed by atoms with Crippen LogP contribution in [-0.2, 0) is 4.79 Å². The molecule has 6 nitrogen and oxygen atoms in total. The van der Waals surface area contributed by atoms with Crippen molar-refractivity contribution in [2.45, 2.75) is 18.0 Å². The number of amides is 1. The van der Waals surface area contributed by atoms with Crippen molar-refractivity contribution in [2.75, 3.05) is 18.1 Å². The Balaban J connectivity index is 1.66. The lowest BCUT2D eigenvalue weighted by Gasteiger charge is -2.07. The second-order valence-corrected chi connectivity index (χ2v) is 6.54. The summed E-state index contributed by atoms with van der Waals surface area (Å²) in [6.45, 7) is 0.776. The number of nitrogen functional groups attached to an aromatic ring is 1. The van der Waals surface area contributed by atoms with E-state index in [4.69, 9.17) is 17.4 Å². The van der Waals surface area contributed by atoms with Crippen molar-refractivity contribution < 1.29 is 4.79 Å². The van der Waals surface area contributed by atoms with E-state index in [2.05, 4.69) is 15.5 Å². The molecule has 22 heavy (non-hydrogen) atoms. The van der Waals surface area contributed by atoms with Crippen molar-refractivity contribution in [1.82, 2.24) is 20.2 Å². The molecule has 1 aliphatic rings. The lowest BCUT2D eigenvalue weighted by Crippen LogP contribution is -2.19. The van der Waals surface area contributed by atoms with Gasteiger partial charge in [-0.1, -0.05) is 35.5 Å². The lowest BCUT2D eigenvalue weighted by atomic mass is 10.1. The molecule has 0 radical (unpaired) electrons. The molecule has 1 aliphatic heterocycles. The van der Waals surface area contributed by atoms with E-state index in [0.29, 0.717) is 16.0 Å². The number of benzene rings is 1. The number of carbonyl (C=O) groups is 1. The summed E-state index contributed by atoms with van der Waals surface area (Å²) < 4.78 is 1.45. The highest BCUT2D eigenvalue weighted by Crippen LogP contribution is 2.28. The standard InChI is InChI=1S/C14H16ClN5OS/c15-11-4-2-1-3-10(11)12-18-19-14(20(12)16)22-8-6-9-5-7-17-13(9)21/h1-4,9H,5-8,16H2,(H,17,21)/t9-/m1/s1. The van der Waals surface area contributed by atoms with E-state index in [1.165, 1.54) is 16.4 Å². The van der Waals surface area contributed by atoms with Crippen LogP contribution in [0.3, 0.4) is 0 Å². The maximum absolute atomic E-state index is 11.5. The first kappa shape index (κ1) is 15.2. The molecule has 1 fully saturated rings. The Morgan fingerprint density at radius 2 is 2.23 bits per heavy atom. The van der Waals surface area contributed by atoms with E-state index >= 15 is 0 Å². The van der Waals surface area contributed by atoms with Gasteiger partial charge < -0.3 is 11.2 Å². The zero-order chi connectivity index (χ0) is 15.5. The largest absolute Gasteiger partial charge is 0.356 e. The Morgan fingerprint density at radius 3 is 2.95 bits per heavy atom. The summed E-state index contributed by atoms with van der Waals surface area (Å²) in [5, 5.41) is 12.3. The molecule has 2 heterocycles. The summed E-state index contributed by atoms with van der Waals surface area (Å²) in [5.74, 6) is 7.61. The fourth-order valence-corrected chi connectivity index (χ4v) is 3.54. The maximum atomic E-state index is 11.5. The molecule has 8 heteroatoms. The van der Waals surface area contributed by atoms with Gasteiger partial charge >= 0.3 is 0 Å². The lowest BCUT2D eigenvalue weighted by molar-refractivity contribution is -0.122. The average molecular weight is 338 g/mol. The molecule has 0 aliphatic carbocycles. The summed E-state index contributed by atoms with van der Waals surface area (Å²) in [5.41, 5.74) is 0.751. The number of hydrogen-bond acceptors (Lipinski definition) is 5. The number of thioether (sulfide) groups is 1. The molecule has 2 aromatic rings. The van der Waals surface area contributed by atoms with Crippen LogP contribution in [0.4, 0.5) is 0 Å². The van der Waals surface area contributed by atoms with Crippen LogP contribution in [0.25, 0.3) is 11.4 Å². The smallest absolute Gasteiger partial charge is 0.223 e. The van der Waals surface area contributed by atoms with Crippen LogP contribution in [0, 0.1) is 5.92 Å². The normalized spacial score (nSPS) is 17.7. The Labute approximate surface area is 137 Å². The molecule has 3 rings (SSSR count). The van der Waals surface area contributed by atoms with Crippen molar-refractivity contribution >= 4 is 29.3 Å². The zero-order valence-corrected chi connectivity index (χ0v) is 13.4. The average Bonchev–Trinajstić information content (AvgIpc) is 3.07. The first-order valence-corrected chi connectivity index (χ1v) is 8.39. The van der Waals surface area contributed by atoms with Crippen LogP contribution in [-0.4, -0.2) is 33.1 Å². The molecule has 1 aromatic carbocycles. The SMILES string of the molecule is Nn1c(SCC[C@H]2CCNC2=O)nnc1-c1ccccc1Cl. The van der Waals surface area contributed by atoms with Gasteiger partial charge in [-0.2, -0.15) is 0 Å². The minimum Gasteiger partial charge on any atom is -0.356 e. The van der Waals surface area contributed by atoms with Crippen molar-refractivity contribution in [3.8, 4) is 11.4 Å². The molecule has 1 atom stereocenters. The molecular weight excluding hydrogens is 322 g/mol. The number of nitrogens with one attached hydrogen (secondary N) is 1. The third-order valence-electron chi connectivity index (χ3n) is 3.64. The number of hydrogen-bond donors (Lipinski definition) is 2. The van der Waals surface area contributed by atoms with E-state index in [1.54, 1.807) is 6.07 Å². The molecule has 0 unspecified atom stereocenters. The number of rotatable bonds is 5. The predicted octanol–water partition coefficient (Wildman–Crippen LogP) is 1.93. The molecule has 0 spiro atoms. The van der Waals surface area contributed by atoms with Crippen molar-refractivity contribution in [3.05, 3.63) is 29.3 Å². The summed E-state index contributed by atoms with van der Waals surface area (Å²) in [6.07, 6.45) is 1.71. The van der Waals surface area contributed by atoms with Gasteiger partial charge in [-0.05, 0) is 25.0 Å². The number of halogens is 1. The fraction of sp³-hybridized carbons (Fsp3) is 0.357. The second kappa shape index (κ2) is 6.58. The van der Waals surface area contributed by atoms with Crippen LogP contribution in [0.1, 0.15) is 12.8 Å². The van der Waals surface area contributed by atoms with E-state index < -0.39 is 0 Å². The van der Waals surface area contributed by atoms with Crippen molar-refractivity contribution in [2.24, 2.45) is 5.92 Å². The highest BCUT2D eigenvalue weighted by atomic mass is 35.5. The zero-order valence-electron chi connectivity index (χ0n) is 11.8. The first-order valence-electron chi connectivity index (χ1n) is 7.02. The molecule has 1 saturated heterocycles. The summed E-state index contributed by atoms with van der Waals surface area (Å²) in [7, 11) is 0. The topological polar surface area (TPSA) is 85.8 Å². The van der Waals surface area contributed by atoms with Gasteiger partial charge in [-0.15, -0.1) is 10.2 Å². The van der Waals surface area contributed by atoms with E-state index in [-0.39, 0.29) is 11.8 Å². The van der Waals surface area contributed by atoms with Crippen LogP contribution < -0.4 is 11.2 Å². The van der Waals surface area contributed by atoms with Crippen LogP contribution in [0.15, 0.2) is 29.4 Å². The maximum Gasteiger partial charge on any atom is 0.223 e. The van der Waals surface area contributed by atoms with Crippen LogP contribution in [0.5, 0.6) is 0 Å². The summed E-state index contributed by atoms with van der Waals surface area (Å²) >= 11 is 7.66. The number of aromatic nitrogens is 3. The van der Waals surface area contributed by atoms with Crippen molar-refractivity contribution in [3.63, 3.8) is 0 Å². The number of carbonyl (C=O) groups excluding carboxylic acids is 1. The summed E-state index contributed by atoms with van der Waals surface area (Å²) in [6, 6.07) is 7.37. The molecule has 1 aromatic heterocycles. The van der Waals surface area contributed by atoms with Crippen molar-refractivity contribution in [1.29, 1.82) is 0 Å². The van der Waals surface area contributed by atoms with Gasteiger partial charge in [0.2, 0.25) is 11.1 Å². The van der Waals surface area contributed by atoms with Crippen LogP contribution in [0.2, 0.25) is 5.02 Å². The monoisotopic (exact) mass is 337 g/mol.